The molecule has 1 heterocycles. The normalized spacial score (nSPS) is 23.2. The van der Waals surface area contributed by atoms with E-state index < -0.39 is 0 Å². The lowest BCUT2D eigenvalue weighted by molar-refractivity contribution is -0.122. The number of hydrogen-bond acceptors (Lipinski definition) is 3. The number of rotatable bonds is 4. The number of aryl methyl sites for hydroxylation is 1. The molecule has 0 saturated heterocycles. The molecule has 1 aliphatic rings. The van der Waals surface area contributed by atoms with Gasteiger partial charge in [-0.1, -0.05) is 6.07 Å². The zero-order valence-corrected chi connectivity index (χ0v) is 12.1. The minimum absolute atomic E-state index is 0. The van der Waals surface area contributed by atoms with Crippen LogP contribution in [0.25, 0.3) is 0 Å². The van der Waals surface area contributed by atoms with Crippen molar-refractivity contribution in [2.24, 2.45) is 5.73 Å². The molecule has 5 heteroatoms. The summed E-state index contributed by atoms with van der Waals surface area (Å²) in [7, 11) is 0. The Bertz CT molecular complexity index is 348. The summed E-state index contributed by atoms with van der Waals surface area (Å²) in [6, 6.07) is 4.80. The molecule has 1 saturated carbocycles. The van der Waals surface area contributed by atoms with Crippen molar-refractivity contribution in [2.45, 2.75) is 50.6 Å². The third-order valence-corrected chi connectivity index (χ3v) is 4.25. The lowest BCUT2D eigenvalue weighted by Crippen LogP contribution is -2.40. The first kappa shape index (κ1) is 15.5. The predicted molar refractivity (Wildman–Crippen MR) is 78.3 cm³/mol. The fourth-order valence-corrected chi connectivity index (χ4v) is 2.96. The average Bonchev–Trinajstić information content (AvgIpc) is 2.83. The molecule has 1 fully saturated rings. The molecule has 0 aromatic carbocycles. The molecule has 2 rings (SSSR count). The Labute approximate surface area is 119 Å². The second-order valence-electron chi connectivity index (χ2n) is 4.76. The standard InChI is InChI=1S/C13H20N2OS.ClH/c14-10-3-5-11(6-4-10)15-13(16)8-7-12-2-1-9-17-12;/h1-2,9-11H,3-8,14H2,(H,15,16);1H. The van der Waals surface area contributed by atoms with Crippen molar-refractivity contribution < 1.29 is 4.79 Å². The second-order valence-corrected chi connectivity index (χ2v) is 5.79. The molecule has 0 aliphatic heterocycles. The van der Waals surface area contributed by atoms with Gasteiger partial charge in [0.1, 0.15) is 0 Å². The number of carbonyl (C=O) groups is 1. The first-order valence-corrected chi connectivity index (χ1v) is 7.19. The molecule has 0 bridgehead atoms. The summed E-state index contributed by atoms with van der Waals surface area (Å²) in [5.74, 6) is 0.180. The molecule has 1 aromatic heterocycles. The van der Waals surface area contributed by atoms with Gasteiger partial charge < -0.3 is 11.1 Å². The number of halogens is 1. The van der Waals surface area contributed by atoms with Crippen molar-refractivity contribution >= 4 is 29.7 Å². The molecule has 0 atom stereocenters. The SMILES string of the molecule is Cl.NC1CCC(NC(=O)CCc2cccs2)CC1. The monoisotopic (exact) mass is 288 g/mol. The molecule has 1 amide bonds. The van der Waals surface area contributed by atoms with Gasteiger partial charge in [-0.3, -0.25) is 4.79 Å². The van der Waals surface area contributed by atoms with E-state index >= 15 is 0 Å². The maximum Gasteiger partial charge on any atom is 0.220 e. The van der Waals surface area contributed by atoms with Crippen molar-refractivity contribution in [3.05, 3.63) is 22.4 Å². The first-order chi connectivity index (χ1) is 8.24. The van der Waals surface area contributed by atoms with Gasteiger partial charge in [-0.2, -0.15) is 0 Å². The Morgan fingerprint density at radius 3 is 2.72 bits per heavy atom. The van der Waals surface area contributed by atoms with Gasteiger partial charge in [-0.05, 0) is 43.6 Å². The van der Waals surface area contributed by atoms with Crippen LogP contribution in [0.2, 0.25) is 0 Å². The number of nitrogens with one attached hydrogen (secondary N) is 1. The maximum absolute atomic E-state index is 11.8. The zero-order chi connectivity index (χ0) is 12.1. The van der Waals surface area contributed by atoms with E-state index in [4.69, 9.17) is 5.73 Å². The number of carbonyl (C=O) groups excluding carboxylic acids is 1. The van der Waals surface area contributed by atoms with Gasteiger partial charge in [-0.25, -0.2) is 0 Å². The van der Waals surface area contributed by atoms with Crippen LogP contribution in [-0.4, -0.2) is 18.0 Å². The second kappa shape index (κ2) is 7.77. The molecule has 1 aliphatic carbocycles. The van der Waals surface area contributed by atoms with E-state index in [0.717, 1.165) is 32.1 Å². The molecule has 0 radical (unpaired) electrons. The third-order valence-electron chi connectivity index (χ3n) is 3.32. The van der Waals surface area contributed by atoms with Crippen molar-refractivity contribution in [3.8, 4) is 0 Å². The molecule has 18 heavy (non-hydrogen) atoms. The Balaban J connectivity index is 0.00000162. The summed E-state index contributed by atoms with van der Waals surface area (Å²) in [6.45, 7) is 0. The van der Waals surface area contributed by atoms with E-state index in [9.17, 15) is 4.79 Å². The van der Waals surface area contributed by atoms with Crippen LogP contribution in [0.4, 0.5) is 0 Å². The quantitative estimate of drug-likeness (QED) is 0.894. The van der Waals surface area contributed by atoms with E-state index in [-0.39, 0.29) is 18.3 Å². The van der Waals surface area contributed by atoms with E-state index in [1.165, 1.54) is 4.88 Å². The molecule has 102 valence electrons. The van der Waals surface area contributed by atoms with Crippen LogP contribution >= 0.6 is 23.7 Å². The van der Waals surface area contributed by atoms with Crippen LogP contribution in [0.15, 0.2) is 17.5 Å². The van der Waals surface area contributed by atoms with Crippen LogP contribution in [0.3, 0.4) is 0 Å². The predicted octanol–water partition coefficient (Wildman–Crippen LogP) is 2.49. The first-order valence-electron chi connectivity index (χ1n) is 6.31. The third kappa shape index (κ3) is 4.96. The van der Waals surface area contributed by atoms with Crippen LogP contribution in [-0.2, 0) is 11.2 Å². The fourth-order valence-electron chi connectivity index (χ4n) is 2.25. The van der Waals surface area contributed by atoms with Gasteiger partial charge in [0.2, 0.25) is 5.91 Å². The van der Waals surface area contributed by atoms with Crippen molar-refractivity contribution in [2.75, 3.05) is 0 Å². The highest BCUT2D eigenvalue weighted by molar-refractivity contribution is 7.09. The highest BCUT2D eigenvalue weighted by atomic mass is 35.5. The van der Waals surface area contributed by atoms with E-state index in [1.54, 1.807) is 11.3 Å². The summed E-state index contributed by atoms with van der Waals surface area (Å²) < 4.78 is 0. The minimum Gasteiger partial charge on any atom is -0.353 e. The molecule has 3 nitrogen and oxygen atoms in total. The Morgan fingerprint density at radius 1 is 1.39 bits per heavy atom. The smallest absolute Gasteiger partial charge is 0.220 e. The van der Waals surface area contributed by atoms with Crippen molar-refractivity contribution in [1.82, 2.24) is 5.32 Å². The fraction of sp³-hybridized carbons (Fsp3) is 0.615. The van der Waals surface area contributed by atoms with E-state index in [2.05, 4.69) is 16.8 Å². The Hall–Kier alpha value is -0.580. The summed E-state index contributed by atoms with van der Waals surface area (Å²) >= 11 is 1.71. The minimum atomic E-state index is 0. The number of nitrogens with two attached hydrogens (primary N) is 1. The van der Waals surface area contributed by atoms with Crippen LogP contribution < -0.4 is 11.1 Å². The summed E-state index contributed by atoms with van der Waals surface area (Å²) in [5.41, 5.74) is 5.84. The molecule has 0 spiro atoms. The molecule has 0 unspecified atom stereocenters. The van der Waals surface area contributed by atoms with E-state index in [1.807, 2.05) is 6.07 Å². The van der Waals surface area contributed by atoms with Crippen LogP contribution in [0.5, 0.6) is 0 Å². The Morgan fingerprint density at radius 2 is 2.11 bits per heavy atom. The molecule has 3 N–H and O–H groups in total. The number of thiophene rings is 1. The lowest BCUT2D eigenvalue weighted by Gasteiger charge is -2.26. The zero-order valence-electron chi connectivity index (χ0n) is 10.4. The molecule has 1 aromatic rings. The summed E-state index contributed by atoms with van der Waals surface area (Å²) in [5, 5.41) is 5.16. The number of hydrogen-bond donors (Lipinski definition) is 2. The summed E-state index contributed by atoms with van der Waals surface area (Å²) in [4.78, 5) is 13.0. The van der Waals surface area contributed by atoms with Gasteiger partial charge in [0.05, 0.1) is 0 Å². The molecular formula is C13H21ClN2OS. The van der Waals surface area contributed by atoms with Gasteiger partial charge in [0, 0.05) is 23.4 Å². The maximum atomic E-state index is 11.8. The van der Waals surface area contributed by atoms with Crippen LogP contribution in [0, 0.1) is 0 Å². The van der Waals surface area contributed by atoms with Gasteiger partial charge in [0.25, 0.3) is 0 Å². The number of amides is 1. The highest BCUT2D eigenvalue weighted by Crippen LogP contribution is 2.17. The van der Waals surface area contributed by atoms with E-state index in [0.29, 0.717) is 18.5 Å². The largest absolute Gasteiger partial charge is 0.353 e. The highest BCUT2D eigenvalue weighted by Gasteiger charge is 2.19. The lowest BCUT2D eigenvalue weighted by atomic mass is 9.92. The average molecular weight is 289 g/mol. The Kier molecular flexibility index (Phi) is 6.68. The van der Waals surface area contributed by atoms with Crippen molar-refractivity contribution in [1.29, 1.82) is 0 Å². The summed E-state index contributed by atoms with van der Waals surface area (Å²) in [6.07, 6.45) is 5.60. The molecular weight excluding hydrogens is 268 g/mol. The van der Waals surface area contributed by atoms with Gasteiger partial charge in [-0.15, -0.1) is 23.7 Å². The van der Waals surface area contributed by atoms with Gasteiger partial charge >= 0.3 is 0 Å². The van der Waals surface area contributed by atoms with Crippen molar-refractivity contribution in [3.63, 3.8) is 0 Å². The van der Waals surface area contributed by atoms with Crippen LogP contribution in [0.1, 0.15) is 37.0 Å². The topological polar surface area (TPSA) is 55.1 Å². The van der Waals surface area contributed by atoms with Gasteiger partial charge in [0.15, 0.2) is 0 Å².